The zero-order valence-corrected chi connectivity index (χ0v) is 15.0. The first kappa shape index (κ1) is 19.2. The average molecular weight is 384 g/mol. The minimum absolute atomic E-state index is 0.208. The number of amides is 1. The van der Waals surface area contributed by atoms with Gasteiger partial charge in [0.15, 0.2) is 0 Å². The highest BCUT2D eigenvalue weighted by Crippen LogP contribution is 2.15. The maximum absolute atomic E-state index is 13.6. The summed E-state index contributed by atoms with van der Waals surface area (Å²) in [5.74, 6) is -0.472. The molecule has 28 heavy (non-hydrogen) atoms. The van der Waals surface area contributed by atoms with Crippen LogP contribution in [0.15, 0.2) is 48.9 Å². The number of rotatable bonds is 7. The molecule has 0 aliphatic heterocycles. The van der Waals surface area contributed by atoms with E-state index in [1.165, 1.54) is 6.33 Å². The number of nitrogens with zero attached hydrogens (tertiary/aromatic N) is 3. The van der Waals surface area contributed by atoms with Crippen molar-refractivity contribution >= 4 is 23.4 Å². The van der Waals surface area contributed by atoms with Gasteiger partial charge in [0, 0.05) is 31.4 Å². The number of hydrogen-bond acceptors (Lipinski definition) is 6. The summed E-state index contributed by atoms with van der Waals surface area (Å²) in [5.41, 5.74) is 0.860. The first-order valence-corrected chi connectivity index (χ1v) is 8.50. The van der Waals surface area contributed by atoms with Crippen molar-refractivity contribution in [1.29, 1.82) is 0 Å². The molecule has 0 radical (unpaired) electrons. The molecule has 1 aromatic carbocycles. The third-order valence-corrected chi connectivity index (χ3v) is 3.73. The number of nitrogens with one attached hydrogen (secondary N) is 3. The van der Waals surface area contributed by atoms with Crippen molar-refractivity contribution < 1.29 is 13.6 Å². The van der Waals surface area contributed by atoms with E-state index in [0.717, 1.165) is 17.7 Å². The zero-order chi connectivity index (χ0) is 19.9. The molecule has 3 N–H and O–H groups in total. The van der Waals surface area contributed by atoms with Crippen LogP contribution in [0.4, 0.5) is 26.2 Å². The van der Waals surface area contributed by atoms with Crippen LogP contribution >= 0.6 is 0 Å². The molecule has 0 unspecified atom stereocenters. The predicted molar refractivity (Wildman–Crippen MR) is 101 cm³/mol. The molecule has 7 nitrogen and oxygen atoms in total. The number of aromatic nitrogens is 3. The van der Waals surface area contributed by atoms with Gasteiger partial charge in [0.05, 0.1) is 5.56 Å². The SMILES string of the molecule is Cc1ccnc(Nc2cc(NCCNC(=O)c3ccc(F)cc3F)ncn2)c1. The van der Waals surface area contributed by atoms with Crippen molar-refractivity contribution in [3.8, 4) is 0 Å². The Morgan fingerprint density at radius 2 is 1.75 bits per heavy atom. The molecule has 0 spiro atoms. The van der Waals surface area contributed by atoms with Gasteiger partial charge >= 0.3 is 0 Å². The molecule has 0 bridgehead atoms. The second kappa shape index (κ2) is 8.85. The summed E-state index contributed by atoms with van der Waals surface area (Å²) in [4.78, 5) is 24.4. The zero-order valence-electron chi connectivity index (χ0n) is 15.0. The van der Waals surface area contributed by atoms with Crippen LogP contribution in [0, 0.1) is 18.6 Å². The summed E-state index contributed by atoms with van der Waals surface area (Å²) in [7, 11) is 0. The molecular weight excluding hydrogens is 366 g/mol. The molecule has 1 amide bonds. The number of aryl methyl sites for hydroxylation is 1. The van der Waals surface area contributed by atoms with Crippen molar-refractivity contribution in [2.24, 2.45) is 0 Å². The highest BCUT2D eigenvalue weighted by Gasteiger charge is 2.11. The number of pyridine rings is 1. The van der Waals surface area contributed by atoms with E-state index in [0.29, 0.717) is 30.1 Å². The van der Waals surface area contributed by atoms with Gasteiger partial charge in [0.2, 0.25) is 0 Å². The van der Waals surface area contributed by atoms with Gasteiger partial charge in [0.1, 0.15) is 35.4 Å². The molecule has 0 atom stereocenters. The van der Waals surface area contributed by atoms with Gasteiger partial charge in [-0.3, -0.25) is 4.79 Å². The molecule has 2 heterocycles. The van der Waals surface area contributed by atoms with Gasteiger partial charge < -0.3 is 16.0 Å². The Morgan fingerprint density at radius 1 is 0.964 bits per heavy atom. The number of anilines is 3. The Hall–Kier alpha value is -3.62. The number of hydrogen-bond donors (Lipinski definition) is 3. The lowest BCUT2D eigenvalue weighted by molar-refractivity contribution is 0.0951. The lowest BCUT2D eigenvalue weighted by Crippen LogP contribution is -2.29. The number of carbonyl (C=O) groups excluding carboxylic acids is 1. The minimum Gasteiger partial charge on any atom is -0.368 e. The summed E-state index contributed by atoms with van der Waals surface area (Å²) in [6.07, 6.45) is 3.09. The van der Waals surface area contributed by atoms with E-state index in [-0.39, 0.29) is 12.1 Å². The Balaban J connectivity index is 1.50. The normalized spacial score (nSPS) is 10.4. The van der Waals surface area contributed by atoms with Crippen molar-refractivity contribution in [2.45, 2.75) is 6.92 Å². The summed E-state index contributed by atoms with van der Waals surface area (Å²) >= 11 is 0. The molecule has 0 saturated heterocycles. The molecule has 2 aromatic heterocycles. The maximum atomic E-state index is 13.6. The highest BCUT2D eigenvalue weighted by atomic mass is 19.1. The van der Waals surface area contributed by atoms with E-state index in [9.17, 15) is 13.6 Å². The highest BCUT2D eigenvalue weighted by molar-refractivity contribution is 5.94. The Labute approximate surface area is 160 Å². The van der Waals surface area contributed by atoms with Crippen molar-refractivity contribution in [2.75, 3.05) is 23.7 Å². The fourth-order valence-electron chi connectivity index (χ4n) is 2.39. The van der Waals surface area contributed by atoms with Crippen LogP contribution in [0.25, 0.3) is 0 Å². The smallest absolute Gasteiger partial charge is 0.254 e. The minimum atomic E-state index is -0.901. The fourth-order valence-corrected chi connectivity index (χ4v) is 2.39. The van der Waals surface area contributed by atoms with Crippen LogP contribution in [0.5, 0.6) is 0 Å². The standard InChI is InChI=1S/C19H18F2N6O/c1-12-4-5-22-17(8-12)27-18-10-16(25-11-26-18)23-6-7-24-19(28)14-3-2-13(20)9-15(14)21/h2-5,8-11H,6-7H2,1H3,(H,24,28)(H2,22,23,25,26,27). The van der Waals surface area contributed by atoms with Crippen LogP contribution in [-0.4, -0.2) is 33.9 Å². The van der Waals surface area contributed by atoms with Crippen LogP contribution in [-0.2, 0) is 0 Å². The molecule has 3 aromatic rings. The Morgan fingerprint density at radius 3 is 2.54 bits per heavy atom. The molecular formula is C19H18F2N6O. The monoisotopic (exact) mass is 384 g/mol. The number of carbonyl (C=O) groups is 1. The maximum Gasteiger partial charge on any atom is 0.254 e. The molecule has 9 heteroatoms. The molecule has 0 aliphatic carbocycles. The summed E-state index contributed by atoms with van der Waals surface area (Å²) in [5, 5.41) is 8.67. The number of benzene rings is 1. The largest absolute Gasteiger partial charge is 0.368 e. The van der Waals surface area contributed by atoms with E-state index >= 15 is 0 Å². The van der Waals surface area contributed by atoms with E-state index in [1.807, 2.05) is 19.1 Å². The van der Waals surface area contributed by atoms with Gasteiger partial charge in [0.25, 0.3) is 5.91 Å². The quantitative estimate of drug-likeness (QED) is 0.543. The van der Waals surface area contributed by atoms with E-state index in [1.54, 1.807) is 12.3 Å². The molecule has 144 valence electrons. The first-order chi connectivity index (χ1) is 13.5. The lowest BCUT2D eigenvalue weighted by Gasteiger charge is -2.09. The van der Waals surface area contributed by atoms with Gasteiger partial charge in [-0.05, 0) is 36.8 Å². The van der Waals surface area contributed by atoms with Crippen molar-refractivity contribution in [1.82, 2.24) is 20.3 Å². The predicted octanol–water partition coefficient (Wildman–Crippen LogP) is 3.04. The lowest BCUT2D eigenvalue weighted by atomic mass is 10.2. The summed E-state index contributed by atoms with van der Waals surface area (Å²) in [6, 6.07) is 8.30. The Bertz CT molecular complexity index is 982. The van der Waals surface area contributed by atoms with Crippen LogP contribution in [0.2, 0.25) is 0 Å². The van der Waals surface area contributed by atoms with Gasteiger partial charge in [-0.25, -0.2) is 23.7 Å². The van der Waals surface area contributed by atoms with Crippen LogP contribution < -0.4 is 16.0 Å². The Kier molecular flexibility index (Phi) is 6.05. The van der Waals surface area contributed by atoms with E-state index < -0.39 is 17.5 Å². The fraction of sp³-hybridized carbons (Fsp3) is 0.158. The molecule has 3 rings (SSSR count). The van der Waals surface area contributed by atoms with Gasteiger partial charge in [-0.1, -0.05) is 0 Å². The van der Waals surface area contributed by atoms with Crippen molar-refractivity contribution in [3.05, 3.63) is 71.7 Å². The average Bonchev–Trinajstić information content (AvgIpc) is 2.65. The molecule has 0 aliphatic rings. The first-order valence-electron chi connectivity index (χ1n) is 8.50. The topological polar surface area (TPSA) is 91.8 Å². The third kappa shape index (κ3) is 5.19. The van der Waals surface area contributed by atoms with Crippen molar-refractivity contribution in [3.63, 3.8) is 0 Å². The van der Waals surface area contributed by atoms with Crippen LogP contribution in [0.3, 0.4) is 0 Å². The van der Waals surface area contributed by atoms with E-state index in [4.69, 9.17) is 0 Å². The number of halogens is 2. The molecule has 0 fully saturated rings. The second-order valence-corrected chi connectivity index (χ2v) is 5.94. The third-order valence-electron chi connectivity index (χ3n) is 3.73. The summed E-state index contributed by atoms with van der Waals surface area (Å²) < 4.78 is 26.5. The second-order valence-electron chi connectivity index (χ2n) is 5.94. The van der Waals surface area contributed by atoms with Gasteiger partial charge in [-0.2, -0.15) is 0 Å². The summed E-state index contributed by atoms with van der Waals surface area (Å²) in [6.45, 7) is 2.54. The van der Waals surface area contributed by atoms with E-state index in [2.05, 4.69) is 30.9 Å². The van der Waals surface area contributed by atoms with Crippen LogP contribution in [0.1, 0.15) is 15.9 Å². The van der Waals surface area contributed by atoms with Gasteiger partial charge in [-0.15, -0.1) is 0 Å². The molecule has 0 saturated carbocycles.